The molecule has 2 unspecified atom stereocenters. The van der Waals surface area contributed by atoms with Gasteiger partial charge in [-0.05, 0) is 13.8 Å². The quantitative estimate of drug-likeness (QED) is 0.706. The Labute approximate surface area is 127 Å². The predicted molar refractivity (Wildman–Crippen MR) is 81.5 cm³/mol. The molecular formula is C13H26N4O3S. The number of carbonyl (C=O) groups is 1. The van der Waals surface area contributed by atoms with Gasteiger partial charge in [-0.3, -0.25) is 9.69 Å². The van der Waals surface area contributed by atoms with Crippen molar-refractivity contribution in [2.75, 3.05) is 52.1 Å². The third-order valence-corrected chi connectivity index (χ3v) is 5.60. The van der Waals surface area contributed by atoms with Gasteiger partial charge in [0.05, 0.1) is 12.8 Å². The molecule has 2 aliphatic rings. The summed E-state index contributed by atoms with van der Waals surface area (Å²) < 4.78 is 24.4. The lowest BCUT2D eigenvalue weighted by molar-refractivity contribution is -0.134. The molecule has 8 heteroatoms. The molecule has 0 bridgehead atoms. The predicted octanol–water partition coefficient (Wildman–Crippen LogP) is -1.23. The highest BCUT2D eigenvalue weighted by molar-refractivity contribution is 7.88. The maximum absolute atomic E-state index is 12.4. The molecular weight excluding hydrogens is 292 g/mol. The lowest BCUT2D eigenvalue weighted by Gasteiger charge is -2.39. The summed E-state index contributed by atoms with van der Waals surface area (Å²) in [6.45, 7) is 8.21. The Kier molecular flexibility index (Phi) is 5.24. The molecule has 0 aromatic rings. The van der Waals surface area contributed by atoms with Crippen LogP contribution in [0.1, 0.15) is 13.8 Å². The molecule has 2 atom stereocenters. The molecule has 1 N–H and O–H groups in total. The van der Waals surface area contributed by atoms with Crippen molar-refractivity contribution >= 4 is 15.9 Å². The van der Waals surface area contributed by atoms with E-state index in [0.29, 0.717) is 44.8 Å². The molecule has 2 saturated heterocycles. The first kappa shape index (κ1) is 16.7. The SMILES string of the molecule is CC1CN(CC(=O)N2CCN(S(C)(=O)=O)CC2)C(C)CN1. The van der Waals surface area contributed by atoms with E-state index in [9.17, 15) is 13.2 Å². The highest BCUT2D eigenvalue weighted by Crippen LogP contribution is 2.10. The van der Waals surface area contributed by atoms with E-state index < -0.39 is 10.0 Å². The summed E-state index contributed by atoms with van der Waals surface area (Å²) in [6.07, 6.45) is 1.22. The third-order valence-electron chi connectivity index (χ3n) is 4.29. The topological polar surface area (TPSA) is 73.0 Å². The average molecular weight is 318 g/mol. The van der Waals surface area contributed by atoms with Gasteiger partial charge in [-0.25, -0.2) is 8.42 Å². The number of sulfonamides is 1. The smallest absolute Gasteiger partial charge is 0.236 e. The van der Waals surface area contributed by atoms with Gasteiger partial charge in [0.1, 0.15) is 0 Å². The number of rotatable bonds is 3. The summed E-state index contributed by atoms with van der Waals surface area (Å²) in [5, 5.41) is 3.40. The minimum Gasteiger partial charge on any atom is -0.339 e. The number of amides is 1. The summed E-state index contributed by atoms with van der Waals surface area (Å²) in [6, 6.07) is 0.749. The summed E-state index contributed by atoms with van der Waals surface area (Å²) in [7, 11) is -3.14. The fourth-order valence-corrected chi connectivity index (χ4v) is 3.69. The first-order valence-corrected chi connectivity index (χ1v) is 9.32. The van der Waals surface area contributed by atoms with Crippen LogP contribution >= 0.6 is 0 Å². The van der Waals surface area contributed by atoms with Crippen LogP contribution in [0.4, 0.5) is 0 Å². The summed E-state index contributed by atoms with van der Waals surface area (Å²) in [4.78, 5) is 16.4. The standard InChI is InChI=1S/C13H26N4O3S/c1-11-9-16(12(2)8-14-11)10-13(18)15-4-6-17(7-5-15)21(3,19)20/h11-12,14H,4-10H2,1-3H3. The summed E-state index contributed by atoms with van der Waals surface area (Å²) >= 11 is 0. The van der Waals surface area contributed by atoms with Gasteiger partial charge in [-0.15, -0.1) is 0 Å². The Bertz CT molecular complexity index is 474. The number of nitrogens with one attached hydrogen (secondary N) is 1. The third kappa shape index (κ3) is 4.38. The highest BCUT2D eigenvalue weighted by atomic mass is 32.2. The molecule has 21 heavy (non-hydrogen) atoms. The van der Waals surface area contributed by atoms with Crippen molar-refractivity contribution < 1.29 is 13.2 Å². The van der Waals surface area contributed by atoms with E-state index in [-0.39, 0.29) is 5.91 Å². The summed E-state index contributed by atoms with van der Waals surface area (Å²) in [5.41, 5.74) is 0. The molecule has 2 rings (SSSR count). The fourth-order valence-electron chi connectivity index (χ4n) is 2.86. The van der Waals surface area contributed by atoms with Gasteiger partial charge in [0, 0.05) is 51.4 Å². The van der Waals surface area contributed by atoms with Crippen LogP contribution in [-0.2, 0) is 14.8 Å². The van der Waals surface area contributed by atoms with Crippen LogP contribution < -0.4 is 5.32 Å². The van der Waals surface area contributed by atoms with Crippen molar-refractivity contribution in [3.05, 3.63) is 0 Å². The Morgan fingerprint density at radius 2 is 1.81 bits per heavy atom. The van der Waals surface area contributed by atoms with Crippen LogP contribution in [0.3, 0.4) is 0 Å². The zero-order chi connectivity index (χ0) is 15.6. The number of hydrogen-bond donors (Lipinski definition) is 1. The zero-order valence-electron chi connectivity index (χ0n) is 13.1. The Balaban J connectivity index is 1.85. The Morgan fingerprint density at radius 1 is 1.19 bits per heavy atom. The van der Waals surface area contributed by atoms with Crippen molar-refractivity contribution in [3.8, 4) is 0 Å². The average Bonchev–Trinajstić information content (AvgIpc) is 2.42. The molecule has 0 aromatic carbocycles. The molecule has 0 saturated carbocycles. The van der Waals surface area contributed by atoms with E-state index in [1.165, 1.54) is 10.6 Å². The van der Waals surface area contributed by atoms with Crippen molar-refractivity contribution in [2.45, 2.75) is 25.9 Å². The van der Waals surface area contributed by atoms with Crippen LogP contribution in [0.15, 0.2) is 0 Å². The van der Waals surface area contributed by atoms with E-state index in [4.69, 9.17) is 0 Å². The van der Waals surface area contributed by atoms with Gasteiger partial charge in [0.25, 0.3) is 0 Å². The van der Waals surface area contributed by atoms with Crippen molar-refractivity contribution in [2.24, 2.45) is 0 Å². The van der Waals surface area contributed by atoms with Crippen LogP contribution in [0.25, 0.3) is 0 Å². The molecule has 0 spiro atoms. The van der Waals surface area contributed by atoms with Crippen molar-refractivity contribution in [1.82, 2.24) is 19.4 Å². The van der Waals surface area contributed by atoms with E-state index in [0.717, 1.165) is 13.1 Å². The largest absolute Gasteiger partial charge is 0.339 e. The first-order valence-electron chi connectivity index (χ1n) is 7.47. The molecule has 2 fully saturated rings. The molecule has 7 nitrogen and oxygen atoms in total. The second kappa shape index (κ2) is 6.60. The minimum absolute atomic E-state index is 0.101. The molecule has 0 aliphatic carbocycles. The van der Waals surface area contributed by atoms with Crippen LogP contribution in [0.5, 0.6) is 0 Å². The number of piperazine rings is 2. The Morgan fingerprint density at radius 3 is 2.38 bits per heavy atom. The van der Waals surface area contributed by atoms with E-state index in [1.807, 2.05) is 0 Å². The number of nitrogens with zero attached hydrogens (tertiary/aromatic N) is 3. The maximum Gasteiger partial charge on any atom is 0.236 e. The van der Waals surface area contributed by atoms with Gasteiger partial charge < -0.3 is 10.2 Å². The number of hydrogen-bond acceptors (Lipinski definition) is 5. The molecule has 1 amide bonds. The minimum atomic E-state index is -3.14. The van der Waals surface area contributed by atoms with Gasteiger partial charge in [0.15, 0.2) is 0 Å². The van der Waals surface area contributed by atoms with E-state index >= 15 is 0 Å². The zero-order valence-corrected chi connectivity index (χ0v) is 13.9. The highest BCUT2D eigenvalue weighted by Gasteiger charge is 2.29. The van der Waals surface area contributed by atoms with Crippen molar-refractivity contribution in [1.29, 1.82) is 0 Å². The molecule has 2 heterocycles. The van der Waals surface area contributed by atoms with Gasteiger partial charge in [-0.2, -0.15) is 4.31 Å². The first-order chi connectivity index (χ1) is 9.77. The second-order valence-electron chi connectivity index (χ2n) is 6.13. The van der Waals surface area contributed by atoms with E-state index in [2.05, 4.69) is 24.1 Å². The lowest BCUT2D eigenvalue weighted by atomic mass is 10.1. The molecule has 0 aromatic heterocycles. The maximum atomic E-state index is 12.4. The van der Waals surface area contributed by atoms with Gasteiger partial charge >= 0.3 is 0 Å². The van der Waals surface area contributed by atoms with Crippen LogP contribution in [-0.4, -0.2) is 92.6 Å². The molecule has 2 aliphatic heterocycles. The van der Waals surface area contributed by atoms with E-state index in [1.54, 1.807) is 4.90 Å². The number of carbonyl (C=O) groups excluding carboxylic acids is 1. The normalized spacial score (nSPS) is 29.6. The van der Waals surface area contributed by atoms with Gasteiger partial charge in [0.2, 0.25) is 15.9 Å². The second-order valence-corrected chi connectivity index (χ2v) is 8.11. The monoisotopic (exact) mass is 318 g/mol. The molecule has 122 valence electrons. The van der Waals surface area contributed by atoms with Crippen molar-refractivity contribution in [3.63, 3.8) is 0 Å². The van der Waals surface area contributed by atoms with Crippen LogP contribution in [0, 0.1) is 0 Å². The van der Waals surface area contributed by atoms with Gasteiger partial charge in [-0.1, -0.05) is 0 Å². The molecule has 0 radical (unpaired) electrons. The Hall–Kier alpha value is -0.700. The van der Waals surface area contributed by atoms with Crippen LogP contribution in [0.2, 0.25) is 0 Å². The summed E-state index contributed by atoms with van der Waals surface area (Å²) in [5.74, 6) is 0.101. The lowest BCUT2D eigenvalue weighted by Crippen LogP contribution is -2.58. The fraction of sp³-hybridized carbons (Fsp3) is 0.923.